The van der Waals surface area contributed by atoms with Gasteiger partial charge < -0.3 is 10.2 Å². The van der Waals surface area contributed by atoms with E-state index in [-0.39, 0.29) is 11.6 Å². The van der Waals surface area contributed by atoms with Crippen LogP contribution in [0.2, 0.25) is 0 Å². The quantitative estimate of drug-likeness (QED) is 0.621. The molecule has 8 nitrogen and oxygen atoms in total. The second kappa shape index (κ2) is 5.65. The Kier molecular flexibility index (Phi) is 4.08. The lowest BCUT2D eigenvalue weighted by atomic mass is 10.0. The average Bonchev–Trinajstić information content (AvgIpc) is 2.47. The SMILES string of the molecule is CC(C)(C(=O)N1CCNCC1)n1cc([N+](=O)[O-])ccc1=O. The highest BCUT2D eigenvalue weighted by atomic mass is 16.6. The third-order valence-corrected chi connectivity index (χ3v) is 3.64. The molecule has 0 aromatic carbocycles. The van der Waals surface area contributed by atoms with Gasteiger partial charge in [0.05, 0.1) is 11.1 Å². The van der Waals surface area contributed by atoms with Crippen molar-refractivity contribution in [3.63, 3.8) is 0 Å². The van der Waals surface area contributed by atoms with E-state index in [4.69, 9.17) is 0 Å². The van der Waals surface area contributed by atoms with Crippen molar-refractivity contribution < 1.29 is 9.72 Å². The molecule has 1 amide bonds. The first kappa shape index (κ1) is 15.2. The lowest BCUT2D eigenvalue weighted by molar-refractivity contribution is -0.385. The molecule has 0 aliphatic carbocycles. The fraction of sp³-hybridized carbons (Fsp3) is 0.538. The molecule has 0 bridgehead atoms. The van der Waals surface area contributed by atoms with Crippen LogP contribution < -0.4 is 10.9 Å². The number of carbonyl (C=O) groups is 1. The Hall–Kier alpha value is -2.22. The van der Waals surface area contributed by atoms with Crippen LogP contribution in [0, 0.1) is 10.1 Å². The average molecular weight is 294 g/mol. The summed E-state index contributed by atoms with van der Waals surface area (Å²) in [6, 6.07) is 2.26. The number of rotatable bonds is 3. The van der Waals surface area contributed by atoms with Crippen molar-refractivity contribution in [3.05, 3.63) is 38.8 Å². The summed E-state index contributed by atoms with van der Waals surface area (Å²) in [5, 5.41) is 14.0. The molecule has 0 spiro atoms. The number of aromatic nitrogens is 1. The summed E-state index contributed by atoms with van der Waals surface area (Å²) in [5.41, 5.74) is -1.81. The van der Waals surface area contributed by atoms with Gasteiger partial charge in [-0.3, -0.25) is 24.3 Å². The number of amides is 1. The molecule has 1 aromatic rings. The zero-order valence-electron chi connectivity index (χ0n) is 12.0. The Morgan fingerprint density at radius 2 is 1.95 bits per heavy atom. The van der Waals surface area contributed by atoms with Crippen LogP contribution >= 0.6 is 0 Å². The van der Waals surface area contributed by atoms with Gasteiger partial charge in [-0.25, -0.2) is 0 Å². The van der Waals surface area contributed by atoms with Crippen LogP contribution in [-0.2, 0) is 10.3 Å². The predicted molar refractivity (Wildman–Crippen MR) is 76.1 cm³/mol. The summed E-state index contributed by atoms with van der Waals surface area (Å²) in [4.78, 5) is 36.5. The molecule has 114 valence electrons. The molecule has 1 saturated heterocycles. The maximum Gasteiger partial charge on any atom is 0.285 e. The summed E-state index contributed by atoms with van der Waals surface area (Å²) >= 11 is 0. The molecule has 2 rings (SSSR count). The molecule has 0 atom stereocenters. The van der Waals surface area contributed by atoms with Crippen LogP contribution in [0.15, 0.2) is 23.1 Å². The van der Waals surface area contributed by atoms with Crippen molar-refractivity contribution in [3.8, 4) is 0 Å². The van der Waals surface area contributed by atoms with E-state index >= 15 is 0 Å². The Morgan fingerprint density at radius 1 is 1.33 bits per heavy atom. The van der Waals surface area contributed by atoms with Crippen molar-refractivity contribution >= 4 is 11.6 Å². The molecule has 0 unspecified atom stereocenters. The molecule has 0 saturated carbocycles. The predicted octanol–water partition coefficient (Wildman–Crippen LogP) is -0.0766. The van der Waals surface area contributed by atoms with E-state index in [1.807, 2.05) is 0 Å². The summed E-state index contributed by atoms with van der Waals surface area (Å²) in [6.45, 7) is 5.72. The highest BCUT2D eigenvalue weighted by molar-refractivity contribution is 5.84. The van der Waals surface area contributed by atoms with Crippen LogP contribution in [0.5, 0.6) is 0 Å². The second-order valence-corrected chi connectivity index (χ2v) is 5.45. The fourth-order valence-electron chi connectivity index (χ4n) is 2.38. The lowest BCUT2D eigenvalue weighted by Crippen LogP contribution is -2.55. The minimum absolute atomic E-state index is 0.212. The normalized spacial score (nSPS) is 15.8. The maximum absolute atomic E-state index is 12.6. The number of pyridine rings is 1. The van der Waals surface area contributed by atoms with E-state index in [0.717, 1.165) is 22.9 Å². The largest absolute Gasteiger partial charge is 0.338 e. The van der Waals surface area contributed by atoms with E-state index in [1.165, 1.54) is 0 Å². The molecule has 0 radical (unpaired) electrons. The highest BCUT2D eigenvalue weighted by Gasteiger charge is 2.35. The van der Waals surface area contributed by atoms with E-state index in [2.05, 4.69) is 5.32 Å². The van der Waals surface area contributed by atoms with E-state index in [1.54, 1.807) is 18.7 Å². The number of nitrogens with one attached hydrogen (secondary N) is 1. The molecule has 2 heterocycles. The zero-order valence-corrected chi connectivity index (χ0v) is 12.0. The first-order chi connectivity index (χ1) is 9.84. The first-order valence-electron chi connectivity index (χ1n) is 6.71. The number of nitro groups is 1. The van der Waals surface area contributed by atoms with Gasteiger partial charge in [-0.2, -0.15) is 0 Å². The third kappa shape index (κ3) is 2.94. The Labute approximate surface area is 121 Å². The summed E-state index contributed by atoms with van der Waals surface area (Å²) < 4.78 is 1.13. The van der Waals surface area contributed by atoms with Gasteiger partial charge in [0.15, 0.2) is 0 Å². The van der Waals surface area contributed by atoms with Gasteiger partial charge in [-0.05, 0) is 13.8 Å². The van der Waals surface area contributed by atoms with Crippen molar-refractivity contribution in [1.82, 2.24) is 14.8 Å². The van der Waals surface area contributed by atoms with E-state index in [9.17, 15) is 19.7 Å². The number of nitrogens with zero attached hydrogens (tertiary/aromatic N) is 3. The van der Waals surface area contributed by atoms with Crippen molar-refractivity contribution in [2.45, 2.75) is 19.4 Å². The lowest BCUT2D eigenvalue weighted by Gasteiger charge is -2.35. The third-order valence-electron chi connectivity index (χ3n) is 3.64. The fourth-order valence-corrected chi connectivity index (χ4v) is 2.38. The number of hydrogen-bond donors (Lipinski definition) is 1. The van der Waals surface area contributed by atoms with Gasteiger partial charge in [0.2, 0.25) is 5.91 Å². The first-order valence-corrected chi connectivity index (χ1v) is 6.71. The maximum atomic E-state index is 12.6. The highest BCUT2D eigenvalue weighted by Crippen LogP contribution is 2.19. The topological polar surface area (TPSA) is 97.5 Å². The molecular formula is C13H18N4O4. The van der Waals surface area contributed by atoms with Gasteiger partial charge in [-0.1, -0.05) is 0 Å². The summed E-state index contributed by atoms with van der Waals surface area (Å²) in [6.07, 6.45) is 1.13. The van der Waals surface area contributed by atoms with Crippen molar-refractivity contribution in [1.29, 1.82) is 0 Å². The standard InChI is InChI=1S/C13H18N4O4/c1-13(2,12(19)15-7-5-14-6-8-15)16-9-10(17(20)21)3-4-11(16)18/h3-4,9,14H,5-8H2,1-2H3. The van der Waals surface area contributed by atoms with Gasteiger partial charge in [0.1, 0.15) is 5.54 Å². The number of hydrogen-bond acceptors (Lipinski definition) is 5. The minimum Gasteiger partial charge on any atom is -0.338 e. The Balaban J connectivity index is 2.38. The van der Waals surface area contributed by atoms with Crippen molar-refractivity contribution in [2.75, 3.05) is 26.2 Å². The number of piperazine rings is 1. The molecule has 1 N–H and O–H groups in total. The van der Waals surface area contributed by atoms with Crippen LogP contribution in [0.1, 0.15) is 13.8 Å². The molecule has 1 aliphatic heterocycles. The molecule has 8 heteroatoms. The second-order valence-electron chi connectivity index (χ2n) is 5.45. The molecule has 21 heavy (non-hydrogen) atoms. The van der Waals surface area contributed by atoms with Crippen molar-refractivity contribution in [2.24, 2.45) is 0 Å². The van der Waals surface area contributed by atoms with E-state index in [0.29, 0.717) is 26.2 Å². The molecule has 1 aliphatic rings. The van der Waals surface area contributed by atoms with Crippen LogP contribution in [0.25, 0.3) is 0 Å². The van der Waals surface area contributed by atoms with Gasteiger partial charge in [-0.15, -0.1) is 0 Å². The Bertz CT molecular complexity index is 617. The van der Waals surface area contributed by atoms with Gasteiger partial charge >= 0.3 is 0 Å². The smallest absolute Gasteiger partial charge is 0.285 e. The summed E-state index contributed by atoms with van der Waals surface area (Å²) in [7, 11) is 0. The molecular weight excluding hydrogens is 276 g/mol. The summed E-state index contributed by atoms with van der Waals surface area (Å²) in [5.74, 6) is -0.216. The Morgan fingerprint density at radius 3 is 2.52 bits per heavy atom. The van der Waals surface area contributed by atoms with Gasteiger partial charge in [0.25, 0.3) is 11.2 Å². The minimum atomic E-state index is -1.17. The monoisotopic (exact) mass is 294 g/mol. The van der Waals surface area contributed by atoms with Crippen LogP contribution in [0.3, 0.4) is 0 Å². The van der Waals surface area contributed by atoms with Crippen LogP contribution in [-0.4, -0.2) is 46.5 Å². The van der Waals surface area contributed by atoms with E-state index < -0.39 is 16.0 Å². The number of carbonyl (C=O) groups excluding carboxylic acids is 1. The zero-order chi connectivity index (χ0) is 15.6. The molecule has 1 aromatic heterocycles. The molecule has 1 fully saturated rings. The van der Waals surface area contributed by atoms with Crippen LogP contribution in [0.4, 0.5) is 5.69 Å². The van der Waals surface area contributed by atoms with Gasteiger partial charge in [0, 0.05) is 38.3 Å².